The lowest BCUT2D eigenvalue weighted by atomic mass is 9.92. The highest BCUT2D eigenvalue weighted by Gasteiger charge is 2.34. The molecular weight excluding hydrogens is 419 g/mol. The van der Waals surface area contributed by atoms with E-state index in [2.05, 4.69) is 12.6 Å². The van der Waals surface area contributed by atoms with Crippen molar-refractivity contribution in [3.8, 4) is 22.3 Å². The van der Waals surface area contributed by atoms with Crippen LogP contribution in [-0.4, -0.2) is 0 Å². The van der Waals surface area contributed by atoms with E-state index in [4.69, 9.17) is 0 Å². The summed E-state index contributed by atoms with van der Waals surface area (Å²) in [6.07, 6.45) is 0. The summed E-state index contributed by atoms with van der Waals surface area (Å²) in [5.74, 6) is -21.8. The van der Waals surface area contributed by atoms with E-state index >= 15 is 0 Å². The Morgan fingerprint density at radius 2 is 0.714 bits per heavy atom. The minimum Gasteiger partial charge on any atom is -0.203 e. The first-order valence-electron chi connectivity index (χ1n) is 7.25. The van der Waals surface area contributed by atoms with Crippen LogP contribution < -0.4 is 0 Å². The highest BCUT2D eigenvalue weighted by molar-refractivity contribution is 7.80. The van der Waals surface area contributed by atoms with Crippen LogP contribution in [0.4, 0.5) is 39.5 Å². The predicted octanol–water partition coefficient (Wildman–Crippen LogP) is 6.56. The van der Waals surface area contributed by atoms with Crippen molar-refractivity contribution in [2.45, 2.75) is 4.90 Å². The van der Waals surface area contributed by atoms with Crippen LogP contribution in [0, 0.1) is 52.4 Å². The van der Waals surface area contributed by atoms with Crippen LogP contribution in [0.3, 0.4) is 0 Å². The molecule has 0 aliphatic heterocycles. The van der Waals surface area contributed by atoms with E-state index in [0.717, 1.165) is 12.1 Å². The van der Waals surface area contributed by atoms with Crippen LogP contribution in [0.1, 0.15) is 0 Å². The van der Waals surface area contributed by atoms with E-state index in [1.165, 1.54) is 12.1 Å². The third kappa shape index (κ3) is 2.92. The second-order valence-electron chi connectivity index (χ2n) is 5.50. The summed E-state index contributed by atoms with van der Waals surface area (Å²) in [6.45, 7) is 0. The van der Waals surface area contributed by atoms with Gasteiger partial charge in [-0.3, -0.25) is 0 Å². The summed E-state index contributed by atoms with van der Waals surface area (Å²) < 4.78 is 125. The van der Waals surface area contributed by atoms with E-state index < -0.39 is 74.6 Å². The van der Waals surface area contributed by atoms with E-state index in [1.54, 1.807) is 0 Å². The Labute approximate surface area is 156 Å². The fraction of sp³-hybridized carbons (Fsp3) is 0. The summed E-state index contributed by atoms with van der Waals surface area (Å²) in [5.41, 5.74) is -5.24. The molecule has 0 atom stereocenters. The molecule has 0 bridgehead atoms. The molecule has 0 aromatic heterocycles. The first-order valence-corrected chi connectivity index (χ1v) is 7.69. The van der Waals surface area contributed by atoms with Gasteiger partial charge in [0.25, 0.3) is 0 Å². The maximum Gasteiger partial charge on any atom is 0.200 e. The minimum atomic E-state index is -2.55. The lowest BCUT2D eigenvalue weighted by Gasteiger charge is -2.16. The van der Waals surface area contributed by atoms with Gasteiger partial charge in [0.05, 0.1) is 5.56 Å². The molecule has 0 aliphatic carbocycles. The molecule has 146 valence electrons. The van der Waals surface area contributed by atoms with Crippen molar-refractivity contribution < 1.29 is 39.5 Å². The van der Waals surface area contributed by atoms with Crippen molar-refractivity contribution in [3.63, 3.8) is 0 Å². The zero-order valence-electron chi connectivity index (χ0n) is 13.2. The van der Waals surface area contributed by atoms with Gasteiger partial charge < -0.3 is 0 Å². The Balaban J connectivity index is 2.55. The normalized spacial score (nSPS) is 11.2. The predicted molar refractivity (Wildman–Crippen MR) is 84.2 cm³/mol. The number of benzene rings is 3. The summed E-state index contributed by atoms with van der Waals surface area (Å²) in [5, 5.41) is 0. The van der Waals surface area contributed by atoms with Crippen molar-refractivity contribution in [3.05, 3.63) is 76.6 Å². The molecule has 3 rings (SSSR count). The average Bonchev–Trinajstić information content (AvgIpc) is 2.68. The number of rotatable bonds is 2. The third-order valence-corrected chi connectivity index (χ3v) is 4.18. The second-order valence-corrected chi connectivity index (χ2v) is 6.01. The molecule has 28 heavy (non-hydrogen) atoms. The fourth-order valence-corrected chi connectivity index (χ4v) is 2.74. The molecule has 0 radical (unpaired) electrons. The van der Waals surface area contributed by atoms with Gasteiger partial charge in [0.2, 0.25) is 5.82 Å². The summed E-state index contributed by atoms with van der Waals surface area (Å²) in [4.78, 5) is 0.296. The van der Waals surface area contributed by atoms with E-state index in [-0.39, 0.29) is 0 Å². The topological polar surface area (TPSA) is 0 Å². The Kier molecular flexibility index (Phi) is 5.09. The van der Waals surface area contributed by atoms with Crippen molar-refractivity contribution in [1.29, 1.82) is 0 Å². The number of hydrogen-bond donors (Lipinski definition) is 1. The Morgan fingerprint density at radius 1 is 0.393 bits per heavy atom. The number of thiol groups is 1. The lowest BCUT2D eigenvalue weighted by molar-refractivity contribution is 0.379. The molecule has 0 saturated carbocycles. The SMILES string of the molecule is Fc1c(F)c(F)c(-c2c(F)c(F)c(F)c(F)c2-c2ccc(S)cc2)c(F)c1F. The largest absolute Gasteiger partial charge is 0.203 e. The standard InChI is InChI=1S/C18H5F9S/c19-10-7(5-1-3-6(28)4-2-5)8(11(20)15(24)14(10)23)9-12(21)16(25)18(27)17(26)13(9)22/h1-4,28H. The quantitative estimate of drug-likeness (QED) is 0.205. The monoisotopic (exact) mass is 424 g/mol. The molecule has 3 aromatic rings. The number of hydrogen-bond acceptors (Lipinski definition) is 1. The van der Waals surface area contributed by atoms with Gasteiger partial charge in [-0.15, -0.1) is 12.6 Å². The molecule has 0 heterocycles. The molecule has 0 unspecified atom stereocenters. The molecule has 0 amide bonds. The average molecular weight is 424 g/mol. The highest BCUT2D eigenvalue weighted by atomic mass is 32.1. The van der Waals surface area contributed by atoms with Gasteiger partial charge in [-0.05, 0) is 17.7 Å². The summed E-state index contributed by atoms with van der Waals surface area (Å²) in [7, 11) is 0. The van der Waals surface area contributed by atoms with Gasteiger partial charge in [0.15, 0.2) is 46.5 Å². The number of halogens is 9. The van der Waals surface area contributed by atoms with Crippen LogP contribution in [0.15, 0.2) is 29.2 Å². The van der Waals surface area contributed by atoms with Gasteiger partial charge in [0.1, 0.15) is 0 Å². The summed E-state index contributed by atoms with van der Waals surface area (Å²) >= 11 is 3.93. The maximum absolute atomic E-state index is 14.4. The molecule has 0 saturated heterocycles. The molecule has 0 aliphatic rings. The minimum absolute atomic E-state index is 0.296. The molecule has 0 N–H and O–H groups in total. The van der Waals surface area contributed by atoms with Crippen molar-refractivity contribution >= 4 is 12.6 Å². The van der Waals surface area contributed by atoms with Gasteiger partial charge in [-0.2, -0.15) is 0 Å². The first kappa shape index (κ1) is 20.1. The molecular formula is C18H5F9S. The Hall–Kier alpha value is -2.62. The van der Waals surface area contributed by atoms with Crippen LogP contribution in [0.25, 0.3) is 22.3 Å². The van der Waals surface area contributed by atoms with Crippen LogP contribution in [-0.2, 0) is 0 Å². The summed E-state index contributed by atoms with van der Waals surface area (Å²) in [6, 6.07) is 4.40. The lowest BCUT2D eigenvalue weighted by Crippen LogP contribution is -2.09. The van der Waals surface area contributed by atoms with Gasteiger partial charge in [0, 0.05) is 16.0 Å². The third-order valence-electron chi connectivity index (χ3n) is 3.88. The van der Waals surface area contributed by atoms with Crippen molar-refractivity contribution in [2.75, 3.05) is 0 Å². The van der Waals surface area contributed by atoms with Crippen LogP contribution in [0.2, 0.25) is 0 Å². The zero-order valence-corrected chi connectivity index (χ0v) is 14.1. The highest BCUT2D eigenvalue weighted by Crippen LogP contribution is 2.42. The van der Waals surface area contributed by atoms with Crippen molar-refractivity contribution in [1.82, 2.24) is 0 Å². The van der Waals surface area contributed by atoms with Crippen LogP contribution in [0.5, 0.6) is 0 Å². The second kappa shape index (κ2) is 7.08. The van der Waals surface area contributed by atoms with E-state index in [0.29, 0.717) is 4.90 Å². The Bertz CT molecular complexity index is 1080. The van der Waals surface area contributed by atoms with Crippen molar-refractivity contribution in [2.24, 2.45) is 0 Å². The molecule has 0 nitrogen and oxygen atoms in total. The first-order chi connectivity index (χ1) is 13.1. The molecule has 10 heteroatoms. The van der Waals surface area contributed by atoms with E-state index in [9.17, 15) is 39.5 Å². The van der Waals surface area contributed by atoms with Gasteiger partial charge >= 0.3 is 0 Å². The molecule has 0 spiro atoms. The van der Waals surface area contributed by atoms with Crippen LogP contribution >= 0.6 is 12.6 Å². The zero-order chi connectivity index (χ0) is 20.9. The smallest absolute Gasteiger partial charge is 0.200 e. The fourth-order valence-electron chi connectivity index (χ4n) is 2.59. The van der Waals surface area contributed by atoms with Gasteiger partial charge in [-0.25, -0.2) is 39.5 Å². The van der Waals surface area contributed by atoms with E-state index in [1.807, 2.05) is 0 Å². The van der Waals surface area contributed by atoms with Gasteiger partial charge in [-0.1, -0.05) is 12.1 Å². The molecule has 3 aromatic carbocycles. The molecule has 0 fully saturated rings. The Morgan fingerprint density at radius 3 is 1.14 bits per heavy atom. The maximum atomic E-state index is 14.4.